The Morgan fingerprint density at radius 1 is 1.14 bits per heavy atom. The molecule has 1 aliphatic heterocycles. The van der Waals surface area contributed by atoms with Gasteiger partial charge in [-0.05, 0) is 37.5 Å². The van der Waals surface area contributed by atoms with Gasteiger partial charge in [0.05, 0.1) is 7.11 Å². The fourth-order valence-electron chi connectivity index (χ4n) is 4.19. The quantitative estimate of drug-likeness (QED) is 0.727. The van der Waals surface area contributed by atoms with E-state index in [-0.39, 0.29) is 11.8 Å². The molecule has 2 aliphatic rings. The van der Waals surface area contributed by atoms with Crippen LogP contribution in [-0.2, 0) is 4.79 Å². The van der Waals surface area contributed by atoms with Crippen LogP contribution in [0.25, 0.3) is 11.4 Å². The van der Waals surface area contributed by atoms with Gasteiger partial charge in [0.2, 0.25) is 5.95 Å². The third-order valence-electron chi connectivity index (χ3n) is 5.55. The lowest BCUT2D eigenvalue weighted by atomic mass is 9.85. The summed E-state index contributed by atoms with van der Waals surface area (Å²) in [5, 5.41) is 8.19. The van der Waals surface area contributed by atoms with Gasteiger partial charge in [0, 0.05) is 23.3 Å². The van der Waals surface area contributed by atoms with Crippen molar-refractivity contribution in [2.24, 2.45) is 0 Å². The zero-order valence-electron chi connectivity index (χ0n) is 16.5. The van der Waals surface area contributed by atoms with Crippen molar-refractivity contribution in [2.75, 3.05) is 12.4 Å². The number of Topliss-reactive ketones (excluding diaryl/α,β-unsaturated/α-hetero) is 1. The molecular formula is C23H22N4O2. The van der Waals surface area contributed by atoms with Gasteiger partial charge in [0.1, 0.15) is 11.8 Å². The second kappa shape index (κ2) is 6.88. The molecule has 5 rings (SSSR count). The summed E-state index contributed by atoms with van der Waals surface area (Å²) in [6.45, 7) is 2.06. The summed E-state index contributed by atoms with van der Waals surface area (Å²) in [7, 11) is 1.64. The van der Waals surface area contributed by atoms with Gasteiger partial charge in [-0.2, -0.15) is 4.98 Å². The van der Waals surface area contributed by atoms with E-state index in [4.69, 9.17) is 14.8 Å². The van der Waals surface area contributed by atoms with Crippen molar-refractivity contribution in [1.29, 1.82) is 0 Å². The molecule has 6 heteroatoms. The number of ether oxygens (including phenoxy) is 1. The lowest BCUT2D eigenvalue weighted by Crippen LogP contribution is -2.31. The molecule has 1 N–H and O–H groups in total. The van der Waals surface area contributed by atoms with E-state index < -0.39 is 0 Å². The normalized spacial score (nSPS) is 18.1. The van der Waals surface area contributed by atoms with Gasteiger partial charge < -0.3 is 10.1 Å². The van der Waals surface area contributed by atoms with Crippen LogP contribution in [0.5, 0.6) is 5.75 Å². The number of hydrogen-bond acceptors (Lipinski definition) is 5. The first-order chi connectivity index (χ1) is 14.1. The molecule has 3 aromatic rings. The van der Waals surface area contributed by atoms with Crippen molar-refractivity contribution in [2.45, 2.75) is 32.2 Å². The minimum atomic E-state index is -0.263. The highest BCUT2D eigenvalue weighted by Gasteiger charge is 2.36. The van der Waals surface area contributed by atoms with E-state index in [2.05, 4.69) is 30.4 Å². The maximum absolute atomic E-state index is 12.9. The topological polar surface area (TPSA) is 69.0 Å². The summed E-state index contributed by atoms with van der Waals surface area (Å²) in [5.41, 5.74) is 4.88. The Morgan fingerprint density at radius 2 is 2.00 bits per heavy atom. The van der Waals surface area contributed by atoms with Crippen molar-refractivity contribution < 1.29 is 9.53 Å². The molecule has 1 unspecified atom stereocenters. The smallest absolute Gasteiger partial charge is 0.226 e. The summed E-state index contributed by atoms with van der Waals surface area (Å²) in [5.74, 6) is 2.22. The number of methoxy groups -OCH3 is 1. The molecule has 0 bridgehead atoms. The second-order valence-electron chi connectivity index (χ2n) is 7.55. The van der Waals surface area contributed by atoms with E-state index in [1.54, 1.807) is 7.11 Å². The van der Waals surface area contributed by atoms with Crippen LogP contribution in [0.1, 0.15) is 36.4 Å². The Kier molecular flexibility index (Phi) is 4.19. The molecule has 1 aromatic heterocycles. The third-order valence-corrected chi connectivity index (χ3v) is 5.55. The molecule has 146 valence electrons. The number of ketones is 1. The molecule has 0 fully saturated rings. The number of carbonyl (C=O) groups is 1. The average Bonchev–Trinajstić information content (AvgIpc) is 3.16. The third kappa shape index (κ3) is 3.01. The maximum atomic E-state index is 12.9. The van der Waals surface area contributed by atoms with Crippen LogP contribution in [0.4, 0.5) is 5.95 Å². The number of benzene rings is 2. The van der Waals surface area contributed by atoms with Crippen LogP contribution in [0, 0.1) is 6.92 Å². The second-order valence-corrected chi connectivity index (χ2v) is 7.55. The Bertz CT molecular complexity index is 1150. The highest BCUT2D eigenvalue weighted by atomic mass is 16.5. The van der Waals surface area contributed by atoms with E-state index in [0.29, 0.717) is 18.2 Å². The SMILES string of the molecule is COc1cccc(-c2nc3n(n2)C(c2cccc(C)c2)C2=C(CCCC2=O)N3)c1. The summed E-state index contributed by atoms with van der Waals surface area (Å²) < 4.78 is 7.20. The summed E-state index contributed by atoms with van der Waals surface area (Å²) in [6.07, 6.45) is 2.29. The predicted molar refractivity (Wildman–Crippen MR) is 111 cm³/mol. The molecule has 0 spiro atoms. The minimum Gasteiger partial charge on any atom is -0.497 e. The number of allylic oxidation sites excluding steroid dienone is 2. The first-order valence-corrected chi connectivity index (χ1v) is 9.85. The van der Waals surface area contributed by atoms with Gasteiger partial charge in [-0.15, -0.1) is 5.10 Å². The van der Waals surface area contributed by atoms with Crippen LogP contribution < -0.4 is 10.1 Å². The fraction of sp³-hybridized carbons (Fsp3) is 0.261. The molecule has 6 nitrogen and oxygen atoms in total. The van der Waals surface area contributed by atoms with Gasteiger partial charge in [-0.3, -0.25) is 4.79 Å². The van der Waals surface area contributed by atoms with Gasteiger partial charge in [-0.25, -0.2) is 4.68 Å². The standard InChI is InChI=1S/C23H22N4O2/c1-14-6-3-7-15(12-14)21-20-18(10-5-11-19(20)28)24-23-25-22(26-27(21)23)16-8-4-9-17(13-16)29-2/h3-4,6-9,12-13,21H,5,10-11H2,1-2H3,(H,24,25,26). The minimum absolute atomic E-state index is 0.189. The zero-order chi connectivity index (χ0) is 20.0. The Hall–Kier alpha value is -3.41. The number of nitrogens with one attached hydrogen (secondary N) is 1. The lowest BCUT2D eigenvalue weighted by Gasteiger charge is -2.32. The molecule has 0 radical (unpaired) electrons. The highest BCUT2D eigenvalue weighted by molar-refractivity contribution is 5.99. The van der Waals surface area contributed by atoms with Crippen LogP contribution in [0.2, 0.25) is 0 Å². The molecule has 1 atom stereocenters. The summed E-state index contributed by atoms with van der Waals surface area (Å²) in [4.78, 5) is 17.6. The average molecular weight is 386 g/mol. The van der Waals surface area contributed by atoms with Crippen LogP contribution in [0.15, 0.2) is 59.8 Å². The summed E-state index contributed by atoms with van der Waals surface area (Å²) >= 11 is 0. The fourth-order valence-corrected chi connectivity index (χ4v) is 4.19. The molecule has 1 aliphatic carbocycles. The van der Waals surface area contributed by atoms with Gasteiger partial charge in [0.25, 0.3) is 0 Å². The number of carbonyl (C=O) groups excluding carboxylic acids is 1. The van der Waals surface area contributed by atoms with Crippen molar-refractivity contribution in [1.82, 2.24) is 14.8 Å². The van der Waals surface area contributed by atoms with Crippen LogP contribution in [0.3, 0.4) is 0 Å². The van der Waals surface area contributed by atoms with Gasteiger partial charge >= 0.3 is 0 Å². The Morgan fingerprint density at radius 3 is 2.83 bits per heavy atom. The predicted octanol–water partition coefficient (Wildman–Crippen LogP) is 4.28. The van der Waals surface area contributed by atoms with Gasteiger partial charge in [-0.1, -0.05) is 42.0 Å². The lowest BCUT2D eigenvalue weighted by molar-refractivity contribution is -0.116. The van der Waals surface area contributed by atoms with Crippen molar-refractivity contribution >= 4 is 11.7 Å². The zero-order valence-corrected chi connectivity index (χ0v) is 16.5. The van der Waals surface area contributed by atoms with Crippen molar-refractivity contribution in [3.63, 3.8) is 0 Å². The van der Waals surface area contributed by atoms with E-state index >= 15 is 0 Å². The molecule has 0 saturated heterocycles. The molecule has 0 amide bonds. The Labute approximate surface area is 169 Å². The van der Waals surface area contributed by atoms with E-state index in [1.807, 2.05) is 35.0 Å². The van der Waals surface area contributed by atoms with Crippen LogP contribution in [-0.4, -0.2) is 27.7 Å². The molecule has 0 saturated carbocycles. The Balaban J connectivity index is 1.67. The van der Waals surface area contributed by atoms with Crippen molar-refractivity contribution in [3.8, 4) is 17.1 Å². The molecule has 29 heavy (non-hydrogen) atoms. The van der Waals surface area contributed by atoms with E-state index in [1.165, 1.54) is 0 Å². The highest BCUT2D eigenvalue weighted by Crippen LogP contribution is 2.40. The molecule has 2 aromatic carbocycles. The number of hydrogen-bond donors (Lipinski definition) is 1. The van der Waals surface area contributed by atoms with Gasteiger partial charge in [0.15, 0.2) is 11.6 Å². The summed E-state index contributed by atoms with van der Waals surface area (Å²) in [6, 6.07) is 15.7. The van der Waals surface area contributed by atoms with E-state index in [9.17, 15) is 4.79 Å². The largest absolute Gasteiger partial charge is 0.497 e. The number of nitrogens with zero attached hydrogens (tertiary/aromatic N) is 3. The van der Waals surface area contributed by atoms with Crippen molar-refractivity contribution in [3.05, 3.63) is 70.9 Å². The number of anilines is 1. The maximum Gasteiger partial charge on any atom is 0.226 e. The molecule has 2 heterocycles. The van der Waals surface area contributed by atoms with E-state index in [0.717, 1.165) is 46.6 Å². The number of rotatable bonds is 3. The number of fused-ring (bicyclic) bond motifs is 1. The van der Waals surface area contributed by atoms with Crippen LogP contribution >= 0.6 is 0 Å². The monoisotopic (exact) mass is 386 g/mol. The first kappa shape index (κ1) is 17.7. The number of aryl methyl sites for hydroxylation is 1. The molecular weight excluding hydrogens is 364 g/mol. The number of aromatic nitrogens is 3. The first-order valence-electron chi connectivity index (χ1n) is 9.85.